The first kappa shape index (κ1) is 27.7. The van der Waals surface area contributed by atoms with E-state index in [-0.39, 0.29) is 24.1 Å². The molecule has 0 radical (unpaired) electrons. The van der Waals surface area contributed by atoms with Crippen LogP contribution >= 0.6 is 0 Å². The van der Waals surface area contributed by atoms with Gasteiger partial charge in [-0.15, -0.1) is 0 Å². The molecular weight excluding hydrogens is 435 g/mol. The first-order valence-corrected chi connectivity index (χ1v) is 11.8. The molecule has 1 atom stereocenters. The van der Waals surface area contributed by atoms with E-state index < -0.39 is 0 Å². The Morgan fingerprint density at radius 2 is 2.15 bits per heavy atom. The molecule has 0 aliphatic carbocycles. The van der Waals surface area contributed by atoms with Gasteiger partial charge in [-0.1, -0.05) is 0 Å². The SMILES string of the molecule is C/C(C(=O)N(C)CCCOC1CCCCO1)=C(\N=C(/C)c1bcc(O)nc1C)N(C=O)C(C)C. The van der Waals surface area contributed by atoms with Crippen molar-refractivity contribution in [3.63, 3.8) is 0 Å². The molecule has 0 aromatic carbocycles. The van der Waals surface area contributed by atoms with Crippen molar-refractivity contribution in [1.82, 2.24) is 14.8 Å². The van der Waals surface area contributed by atoms with Gasteiger partial charge in [0.1, 0.15) is 0 Å². The fraction of sp³-hybridized carbons (Fsp3) is 0.625. The summed E-state index contributed by atoms with van der Waals surface area (Å²) >= 11 is 0. The third-order valence-electron chi connectivity index (χ3n) is 5.73. The predicted octanol–water partition coefficient (Wildman–Crippen LogP) is 2.73. The van der Waals surface area contributed by atoms with E-state index in [9.17, 15) is 14.7 Å². The molecule has 0 saturated carbocycles. The Balaban J connectivity index is 2.19. The van der Waals surface area contributed by atoms with Crippen LogP contribution in [0.25, 0.3) is 0 Å². The fourth-order valence-electron chi connectivity index (χ4n) is 3.74. The minimum absolute atomic E-state index is 0.0754. The number of ether oxygens (including phenoxy) is 2. The monoisotopic (exact) mass is 472 g/mol. The molecule has 2 amide bonds. The van der Waals surface area contributed by atoms with Gasteiger partial charge in [0.05, 0.1) is 0 Å². The number of carbonyl (C=O) groups excluding carboxylic acids is 2. The number of nitrogens with zero attached hydrogens (tertiary/aromatic N) is 4. The molecule has 1 saturated heterocycles. The predicted molar refractivity (Wildman–Crippen MR) is 132 cm³/mol. The van der Waals surface area contributed by atoms with E-state index in [0.29, 0.717) is 48.8 Å². The van der Waals surface area contributed by atoms with Gasteiger partial charge in [0.15, 0.2) is 0 Å². The average molecular weight is 472 g/mol. The quantitative estimate of drug-likeness (QED) is 0.230. The molecule has 1 unspecified atom stereocenters. The number of hydrogen-bond donors (Lipinski definition) is 1. The van der Waals surface area contributed by atoms with E-state index in [0.717, 1.165) is 31.3 Å². The summed E-state index contributed by atoms with van der Waals surface area (Å²) in [6, 6.07) is -0.194. The van der Waals surface area contributed by atoms with Gasteiger partial charge >= 0.3 is 172 Å². The average Bonchev–Trinajstić information content (AvgIpc) is 2.80. The van der Waals surface area contributed by atoms with E-state index >= 15 is 0 Å². The molecule has 2 heterocycles. The van der Waals surface area contributed by atoms with Crippen LogP contribution in [0.4, 0.5) is 0 Å². The molecule has 10 heteroatoms. The Bertz CT molecular complexity index is 913. The van der Waals surface area contributed by atoms with Gasteiger partial charge in [0.2, 0.25) is 0 Å². The van der Waals surface area contributed by atoms with Gasteiger partial charge in [-0.3, -0.25) is 0 Å². The number of aromatic hydroxyl groups is 1. The van der Waals surface area contributed by atoms with E-state index in [1.165, 1.54) is 10.9 Å². The molecule has 186 valence electrons. The van der Waals surface area contributed by atoms with Crippen molar-refractivity contribution >= 4 is 24.9 Å². The molecule has 1 aromatic rings. The van der Waals surface area contributed by atoms with Gasteiger partial charge in [0, 0.05) is 6.61 Å². The molecule has 34 heavy (non-hydrogen) atoms. The zero-order valence-electron chi connectivity index (χ0n) is 21.2. The summed E-state index contributed by atoms with van der Waals surface area (Å²) in [5.41, 5.74) is 2.28. The summed E-state index contributed by atoms with van der Waals surface area (Å²) in [5.74, 6) is 1.48. The minimum atomic E-state index is -0.214. The third kappa shape index (κ3) is 7.73. The van der Waals surface area contributed by atoms with Crippen molar-refractivity contribution < 1.29 is 24.2 Å². The summed E-state index contributed by atoms with van der Waals surface area (Å²) in [6.45, 7) is 12.4. The standard InChI is InChI=1S/C24H37BN4O5/c1-16(2)29(15-30)23(27-19(5)22-18(4)26-20(31)14-25-22)17(3)24(32)28(6)11-9-13-34-21-10-7-8-12-33-21/h14-16,21H,7-13H2,1-6H3,(H,26,31)/b23-17-,27-19+. The number of hydrogen-bond acceptors (Lipinski definition) is 7. The molecule has 1 aliphatic heterocycles. The van der Waals surface area contributed by atoms with Crippen molar-refractivity contribution in [2.24, 2.45) is 4.99 Å². The van der Waals surface area contributed by atoms with Crippen molar-refractivity contribution in [3.05, 3.63) is 28.5 Å². The Morgan fingerprint density at radius 1 is 1.41 bits per heavy atom. The van der Waals surface area contributed by atoms with Crippen LogP contribution in [0.3, 0.4) is 0 Å². The van der Waals surface area contributed by atoms with Crippen LogP contribution in [0.5, 0.6) is 5.88 Å². The van der Waals surface area contributed by atoms with Crippen molar-refractivity contribution in [3.8, 4) is 5.88 Å². The maximum absolute atomic E-state index is 13.2. The number of carbonyl (C=O) groups is 2. The Morgan fingerprint density at radius 3 is 2.74 bits per heavy atom. The van der Waals surface area contributed by atoms with Crippen LogP contribution in [0, 0.1) is 6.92 Å². The number of amides is 2. The molecule has 2 rings (SSSR count). The molecule has 0 bridgehead atoms. The Labute approximate surface area is 203 Å². The topological polar surface area (TPSA) is 105 Å². The first-order valence-electron chi connectivity index (χ1n) is 11.8. The van der Waals surface area contributed by atoms with Crippen LogP contribution in [0.2, 0.25) is 0 Å². The molecule has 1 aromatic heterocycles. The van der Waals surface area contributed by atoms with Crippen molar-refractivity contribution in [2.45, 2.75) is 72.6 Å². The zero-order chi connectivity index (χ0) is 25.3. The van der Waals surface area contributed by atoms with Gasteiger partial charge in [-0.25, -0.2) is 0 Å². The van der Waals surface area contributed by atoms with E-state index in [2.05, 4.69) is 9.98 Å². The second-order valence-corrected chi connectivity index (χ2v) is 8.80. The number of aromatic nitrogens is 1. The second kappa shape index (κ2) is 13.3. The number of aryl methyl sites for hydroxylation is 1. The molecule has 1 fully saturated rings. The van der Waals surface area contributed by atoms with Crippen LogP contribution < -0.4 is 0 Å². The van der Waals surface area contributed by atoms with Crippen LogP contribution in [0.1, 0.15) is 64.5 Å². The molecule has 1 N–H and O–H groups in total. The normalized spacial score (nSPS) is 17.3. The Kier molecular flexibility index (Phi) is 10.9. The van der Waals surface area contributed by atoms with Gasteiger partial charge in [-0.2, -0.15) is 0 Å². The van der Waals surface area contributed by atoms with Crippen LogP contribution in [0.15, 0.2) is 22.3 Å². The van der Waals surface area contributed by atoms with Crippen LogP contribution in [-0.2, 0) is 19.1 Å². The van der Waals surface area contributed by atoms with Gasteiger partial charge < -0.3 is 4.74 Å². The molecular formula is C24H37BN4O5. The summed E-state index contributed by atoms with van der Waals surface area (Å²) in [4.78, 5) is 36.9. The molecule has 1 aliphatic rings. The summed E-state index contributed by atoms with van der Waals surface area (Å²) in [6.07, 6.45) is 4.30. The molecule has 0 spiro atoms. The summed E-state index contributed by atoms with van der Waals surface area (Å²) in [5, 5.41) is 9.60. The van der Waals surface area contributed by atoms with Crippen molar-refractivity contribution in [1.29, 1.82) is 0 Å². The number of likely N-dealkylation sites (N-methyl/N-ethyl adjacent to an activating group) is 1. The van der Waals surface area contributed by atoms with E-state index in [1.54, 1.807) is 39.6 Å². The Hall–Kier alpha value is -2.59. The van der Waals surface area contributed by atoms with Gasteiger partial charge in [0.25, 0.3) is 0 Å². The molecule has 9 nitrogen and oxygen atoms in total. The third-order valence-corrected chi connectivity index (χ3v) is 5.73. The second-order valence-electron chi connectivity index (χ2n) is 8.80. The summed E-state index contributed by atoms with van der Waals surface area (Å²) < 4.78 is 11.3. The number of aliphatic imine (C=N–C) groups is 1. The number of rotatable bonds is 11. The summed E-state index contributed by atoms with van der Waals surface area (Å²) in [7, 11) is 1.73. The zero-order valence-corrected chi connectivity index (χ0v) is 21.2. The van der Waals surface area contributed by atoms with Crippen LogP contribution in [-0.4, -0.2) is 84.0 Å². The van der Waals surface area contributed by atoms with E-state index in [1.807, 2.05) is 13.8 Å². The van der Waals surface area contributed by atoms with Gasteiger partial charge in [-0.05, 0) is 19.3 Å². The first-order chi connectivity index (χ1) is 16.1. The maximum atomic E-state index is 13.2. The van der Waals surface area contributed by atoms with Crippen molar-refractivity contribution in [2.75, 3.05) is 26.8 Å². The fourth-order valence-corrected chi connectivity index (χ4v) is 3.74. The van der Waals surface area contributed by atoms with E-state index in [4.69, 9.17) is 9.47 Å².